The minimum Gasteiger partial charge on any atom is -0.457 e. The van der Waals surface area contributed by atoms with E-state index < -0.39 is 0 Å². The fourth-order valence-electron chi connectivity index (χ4n) is 5.14. The average Bonchev–Trinajstić information content (AvgIpc) is 3.48. The molecule has 9 nitrogen and oxygen atoms in total. The second-order valence-corrected chi connectivity index (χ2v) is 9.60. The lowest BCUT2D eigenvalue weighted by atomic mass is 10.1. The summed E-state index contributed by atoms with van der Waals surface area (Å²) in [5, 5.41) is 18.1. The molecule has 1 aliphatic carbocycles. The van der Waals surface area contributed by atoms with Crippen LogP contribution >= 0.6 is 0 Å². The number of hydrogen-bond donors (Lipinski definition) is 1. The van der Waals surface area contributed by atoms with Crippen molar-refractivity contribution in [3.8, 4) is 17.6 Å². The lowest BCUT2D eigenvalue weighted by Crippen LogP contribution is -2.28. The molecular formula is C29H21N7O2. The molecule has 0 spiro atoms. The summed E-state index contributed by atoms with van der Waals surface area (Å²) in [6.07, 6.45) is 5.80. The highest BCUT2D eigenvalue weighted by Gasteiger charge is 2.54. The molecule has 0 bridgehead atoms. The van der Waals surface area contributed by atoms with E-state index in [0.717, 1.165) is 34.3 Å². The first-order valence-corrected chi connectivity index (χ1v) is 12.2. The van der Waals surface area contributed by atoms with E-state index in [1.54, 1.807) is 16.9 Å². The van der Waals surface area contributed by atoms with Crippen LogP contribution in [-0.2, 0) is 4.79 Å². The van der Waals surface area contributed by atoms with Gasteiger partial charge < -0.3 is 15.0 Å². The van der Waals surface area contributed by atoms with Crippen LogP contribution in [0.1, 0.15) is 17.5 Å². The van der Waals surface area contributed by atoms with Crippen LogP contribution < -0.4 is 15.0 Å². The second-order valence-electron chi connectivity index (χ2n) is 9.60. The first-order valence-electron chi connectivity index (χ1n) is 12.2. The predicted octanol–water partition coefficient (Wildman–Crippen LogP) is 5.28. The molecule has 38 heavy (non-hydrogen) atoms. The van der Waals surface area contributed by atoms with Gasteiger partial charge in [0.2, 0.25) is 0 Å². The predicted molar refractivity (Wildman–Crippen MR) is 143 cm³/mol. The number of pyridine rings is 2. The number of amides is 1. The van der Waals surface area contributed by atoms with Crippen molar-refractivity contribution in [1.82, 2.24) is 19.6 Å². The standard InChI is InChI=1S/C29H21N7O2/c1-16-9-19(3-6-26(16)38-21-7-8-35-27(11-21)32-15-33-35)34-28-18(13-30)14-31-24-5-4-20(10-23(24)28)36-25-12-22(25)17(2)29(36)37/h3-11,14-15,22,25H,2,12H2,1H3,(H,31,34). The Bertz CT molecular complexity index is 1850. The van der Waals surface area contributed by atoms with E-state index >= 15 is 0 Å². The minimum absolute atomic E-state index is 0.0288. The van der Waals surface area contributed by atoms with Crippen LogP contribution in [0.4, 0.5) is 17.1 Å². The number of aromatic nitrogens is 4. The van der Waals surface area contributed by atoms with Crippen LogP contribution in [0.5, 0.6) is 11.5 Å². The van der Waals surface area contributed by atoms with Gasteiger partial charge in [0.05, 0.1) is 16.8 Å². The van der Waals surface area contributed by atoms with Gasteiger partial charge in [0, 0.05) is 52.8 Å². The SMILES string of the molecule is C=C1C(=O)N(c2ccc3ncc(C#N)c(Nc4ccc(Oc5ccn6ncnc6c5)c(C)c4)c3c2)C2CC12. The number of ether oxygens (including phenoxy) is 1. The minimum atomic E-state index is -0.0288. The molecule has 1 saturated carbocycles. The normalized spacial score (nSPS) is 18.1. The Morgan fingerprint density at radius 1 is 1.16 bits per heavy atom. The number of nitriles is 1. The van der Waals surface area contributed by atoms with Crippen LogP contribution in [0.15, 0.2) is 79.4 Å². The number of fused-ring (bicyclic) bond motifs is 3. The monoisotopic (exact) mass is 499 g/mol. The molecular weight excluding hydrogens is 478 g/mol. The highest BCUT2D eigenvalue weighted by atomic mass is 16.5. The van der Waals surface area contributed by atoms with Gasteiger partial charge in [-0.3, -0.25) is 9.78 Å². The third kappa shape index (κ3) is 3.46. The van der Waals surface area contributed by atoms with Crippen LogP contribution in [0.2, 0.25) is 0 Å². The number of nitrogens with zero attached hydrogens (tertiary/aromatic N) is 6. The van der Waals surface area contributed by atoms with E-state index in [1.165, 1.54) is 6.33 Å². The third-order valence-corrected chi connectivity index (χ3v) is 7.20. The number of hydrogen-bond acceptors (Lipinski definition) is 7. The van der Waals surface area contributed by atoms with E-state index in [0.29, 0.717) is 34.0 Å². The molecule has 184 valence electrons. The van der Waals surface area contributed by atoms with Gasteiger partial charge in [0.15, 0.2) is 5.65 Å². The molecule has 1 amide bonds. The van der Waals surface area contributed by atoms with Crippen LogP contribution in [0.3, 0.4) is 0 Å². The molecule has 7 rings (SSSR count). The maximum atomic E-state index is 12.8. The third-order valence-electron chi connectivity index (χ3n) is 7.20. The molecule has 2 aliphatic rings. The average molecular weight is 500 g/mol. The molecule has 1 saturated heterocycles. The number of nitrogens with one attached hydrogen (secondary N) is 1. The number of carbonyl (C=O) groups is 1. The van der Waals surface area contributed by atoms with Gasteiger partial charge in [-0.1, -0.05) is 6.58 Å². The molecule has 2 aromatic carbocycles. The van der Waals surface area contributed by atoms with Gasteiger partial charge in [0.1, 0.15) is 23.9 Å². The first-order chi connectivity index (χ1) is 18.5. The van der Waals surface area contributed by atoms with E-state index in [2.05, 4.69) is 33.0 Å². The smallest absolute Gasteiger partial charge is 0.254 e. The zero-order valence-corrected chi connectivity index (χ0v) is 20.4. The second kappa shape index (κ2) is 8.15. The van der Waals surface area contributed by atoms with Crippen molar-refractivity contribution in [2.75, 3.05) is 10.2 Å². The fourth-order valence-corrected chi connectivity index (χ4v) is 5.14. The molecule has 3 aromatic heterocycles. The Morgan fingerprint density at radius 2 is 2.05 bits per heavy atom. The summed E-state index contributed by atoms with van der Waals surface area (Å²) in [6.45, 7) is 5.93. The largest absolute Gasteiger partial charge is 0.457 e. The van der Waals surface area contributed by atoms with E-state index in [9.17, 15) is 10.1 Å². The summed E-state index contributed by atoms with van der Waals surface area (Å²) in [5.74, 6) is 1.58. The summed E-state index contributed by atoms with van der Waals surface area (Å²) < 4.78 is 7.77. The van der Waals surface area contributed by atoms with Gasteiger partial charge in [-0.25, -0.2) is 9.50 Å². The Morgan fingerprint density at radius 3 is 2.84 bits per heavy atom. The quantitative estimate of drug-likeness (QED) is 0.328. The van der Waals surface area contributed by atoms with E-state index in [-0.39, 0.29) is 17.9 Å². The lowest BCUT2D eigenvalue weighted by Gasteiger charge is -2.20. The molecule has 1 N–H and O–H groups in total. The zero-order valence-electron chi connectivity index (χ0n) is 20.4. The van der Waals surface area contributed by atoms with Crippen molar-refractivity contribution in [2.24, 2.45) is 5.92 Å². The van der Waals surface area contributed by atoms with E-state index in [1.807, 2.05) is 60.4 Å². The first kappa shape index (κ1) is 22.0. The summed E-state index contributed by atoms with van der Waals surface area (Å²) >= 11 is 0. The number of aryl methyl sites for hydroxylation is 1. The molecule has 5 aromatic rings. The Labute approximate surface area is 217 Å². The van der Waals surface area contributed by atoms with Crippen molar-refractivity contribution in [3.63, 3.8) is 0 Å². The molecule has 4 heterocycles. The fraction of sp³-hybridized carbons (Fsp3) is 0.138. The van der Waals surface area contributed by atoms with E-state index in [4.69, 9.17) is 4.74 Å². The number of rotatable bonds is 5. The van der Waals surface area contributed by atoms with Gasteiger partial charge in [-0.2, -0.15) is 10.4 Å². The number of piperidine rings is 1. The Kier molecular flexibility index (Phi) is 4.72. The summed E-state index contributed by atoms with van der Waals surface area (Å²) in [4.78, 5) is 23.2. The Balaban J connectivity index is 1.22. The van der Waals surface area contributed by atoms with Gasteiger partial charge in [0.25, 0.3) is 5.91 Å². The highest BCUT2D eigenvalue weighted by molar-refractivity contribution is 6.12. The van der Waals surface area contributed by atoms with Crippen molar-refractivity contribution < 1.29 is 9.53 Å². The van der Waals surface area contributed by atoms with Crippen molar-refractivity contribution in [3.05, 3.63) is 90.5 Å². The zero-order chi connectivity index (χ0) is 26.0. The lowest BCUT2D eigenvalue weighted by molar-refractivity contribution is -0.114. The molecule has 9 heteroatoms. The summed E-state index contributed by atoms with van der Waals surface area (Å²) in [5.41, 5.74) is 5.66. The maximum absolute atomic E-state index is 12.8. The van der Waals surface area contributed by atoms with Crippen LogP contribution in [-0.4, -0.2) is 31.5 Å². The number of benzene rings is 2. The van der Waals surface area contributed by atoms with Gasteiger partial charge in [-0.05, 0) is 61.4 Å². The highest BCUT2D eigenvalue weighted by Crippen LogP contribution is 2.50. The van der Waals surface area contributed by atoms with Gasteiger partial charge >= 0.3 is 0 Å². The number of carbonyl (C=O) groups excluding carboxylic acids is 1. The summed E-state index contributed by atoms with van der Waals surface area (Å²) in [7, 11) is 0. The topological polar surface area (TPSA) is 108 Å². The van der Waals surface area contributed by atoms with Gasteiger partial charge in [-0.15, -0.1) is 0 Å². The maximum Gasteiger partial charge on any atom is 0.254 e. The van der Waals surface area contributed by atoms with Crippen molar-refractivity contribution in [1.29, 1.82) is 5.26 Å². The molecule has 0 radical (unpaired) electrons. The van der Waals surface area contributed by atoms with Crippen molar-refractivity contribution >= 4 is 39.5 Å². The summed E-state index contributed by atoms with van der Waals surface area (Å²) in [6, 6.07) is 17.5. The molecule has 2 atom stereocenters. The molecule has 2 unspecified atom stereocenters. The molecule has 1 aliphatic heterocycles. The van der Waals surface area contributed by atoms with Crippen molar-refractivity contribution in [2.45, 2.75) is 19.4 Å². The Hall–Kier alpha value is -5.23. The van der Waals surface area contributed by atoms with Crippen LogP contribution in [0.25, 0.3) is 16.6 Å². The van der Waals surface area contributed by atoms with Crippen LogP contribution in [0, 0.1) is 24.2 Å². The molecule has 2 fully saturated rings. The number of anilines is 3.